The summed E-state index contributed by atoms with van der Waals surface area (Å²) in [7, 11) is 0. The van der Waals surface area contributed by atoms with E-state index in [4.69, 9.17) is 0 Å². The third kappa shape index (κ3) is 28.3. The molecule has 3 heterocycles. The van der Waals surface area contributed by atoms with Gasteiger partial charge in [0, 0.05) is 87.4 Å². The molecule has 0 saturated heterocycles. The molecule has 3 aliphatic rings. The normalized spacial score (nSPS) is 14.5. The number of thiophene rings is 1. The molecule has 130 heavy (non-hydrogen) atoms. The molecule has 6 nitrogen and oxygen atoms in total. The van der Waals surface area contributed by atoms with Gasteiger partial charge < -0.3 is 9.97 Å². The first-order valence-electron chi connectivity index (χ1n) is 50.7. The molecule has 2 atom stereocenters. The number of carbonyl (C=O) groups excluding carboxylic acids is 4. The van der Waals surface area contributed by atoms with Crippen molar-refractivity contribution < 1.29 is 59.4 Å². The van der Waals surface area contributed by atoms with Crippen LogP contribution in [0.4, 0.5) is 0 Å². The summed E-state index contributed by atoms with van der Waals surface area (Å²) >= 11 is 1.73. The number of nitrogens with zero attached hydrogens (tertiary/aromatic N) is 2. The van der Waals surface area contributed by atoms with E-state index < -0.39 is 0 Å². The van der Waals surface area contributed by atoms with Crippen molar-refractivity contribution in [3.63, 3.8) is 0 Å². The van der Waals surface area contributed by atoms with Gasteiger partial charge in [0.15, 0.2) is 0 Å². The number of unbranched alkanes of at least 4 members (excludes halogenated alkanes) is 30. The summed E-state index contributed by atoms with van der Waals surface area (Å²) < 4.78 is 1.26. The summed E-state index contributed by atoms with van der Waals surface area (Å²) in [4.78, 5) is 56.9. The van der Waals surface area contributed by atoms with Gasteiger partial charge in [0.05, 0.1) is 12.8 Å². The number of rotatable bonds is 54. The molecule has 9 heteroatoms. The number of ketones is 4. The van der Waals surface area contributed by atoms with Crippen molar-refractivity contribution >= 4 is 44.6 Å². The zero-order chi connectivity index (χ0) is 89.8. The molecule has 3 aromatic heterocycles. The quantitative estimate of drug-likeness (QED) is 0.0214. The molecule has 0 N–H and O–H groups in total. The summed E-state index contributed by atoms with van der Waals surface area (Å²) in [6.07, 6.45) is 56.4. The molecule has 8 aromatic carbocycles. The van der Waals surface area contributed by atoms with Crippen molar-refractivity contribution in [1.82, 2.24) is 9.97 Å². The average Bonchev–Trinajstić information content (AvgIpc) is 1.59. The smallest absolute Gasteiger partial charge is 0.140 e. The predicted octanol–water partition coefficient (Wildman–Crippen LogP) is 35.1. The number of fused-ring (bicyclic) bond motifs is 10. The average molecular weight is 2110 g/mol. The van der Waals surface area contributed by atoms with E-state index in [1.807, 2.05) is 72.9 Å². The van der Waals surface area contributed by atoms with Crippen molar-refractivity contribution in [2.24, 2.45) is 0 Å². The maximum absolute atomic E-state index is 12.2. The van der Waals surface area contributed by atoms with Crippen LogP contribution in [0.3, 0.4) is 0 Å². The van der Waals surface area contributed by atoms with Crippen LogP contribution in [0.5, 0.6) is 0 Å². The number of aryl methyl sites for hydroxylation is 2. The van der Waals surface area contributed by atoms with E-state index in [2.05, 4.69) is 191 Å². The van der Waals surface area contributed by atoms with Gasteiger partial charge in [-0.05, 0) is 220 Å². The second kappa shape index (κ2) is 54.4. The zero-order valence-corrected chi connectivity index (χ0v) is 85.9. The molecule has 0 amide bonds. The number of benzene rings is 8. The van der Waals surface area contributed by atoms with Crippen LogP contribution in [-0.4, -0.2) is 33.1 Å². The second-order valence-corrected chi connectivity index (χ2v) is 39.3. The Labute approximate surface area is 815 Å². The van der Waals surface area contributed by atoms with Crippen molar-refractivity contribution in [2.45, 2.75) is 367 Å². The monoisotopic (exact) mass is 2110 g/mol. The Balaban J connectivity index is 0.000000508. The molecule has 0 bridgehead atoms. The van der Waals surface area contributed by atoms with Crippen molar-refractivity contribution in [2.75, 3.05) is 0 Å². The third-order valence-electron chi connectivity index (χ3n) is 28.3. The largest absolute Gasteiger partial charge is 0.305 e. The molecule has 14 rings (SSSR count). The van der Waals surface area contributed by atoms with E-state index >= 15 is 0 Å². The molecular weight excluding hydrogens is 1960 g/mol. The van der Waals surface area contributed by atoms with Crippen LogP contribution in [0.25, 0.3) is 87.5 Å². The number of aromatic nitrogens is 2. The molecule has 3 aliphatic carbocycles. The van der Waals surface area contributed by atoms with E-state index in [9.17, 15) is 19.2 Å². The first-order valence-corrected chi connectivity index (χ1v) is 51.5. The van der Waals surface area contributed by atoms with Gasteiger partial charge in [0.25, 0.3) is 0 Å². The topological polar surface area (TPSA) is 94.1 Å². The van der Waals surface area contributed by atoms with Crippen molar-refractivity contribution in [1.29, 1.82) is 0 Å². The zero-order valence-electron chi connectivity index (χ0n) is 80.3. The number of pyridine rings is 2. The Bertz CT molecular complexity index is 5010. The maximum Gasteiger partial charge on any atom is 0.140 e. The summed E-state index contributed by atoms with van der Waals surface area (Å²) in [6, 6.07) is 80.3. The van der Waals surface area contributed by atoms with Crippen molar-refractivity contribution in [3.8, 4) is 77.5 Å². The Hall–Kier alpha value is -8.00. The van der Waals surface area contributed by atoms with Crippen LogP contribution < -0.4 is 0 Å². The Morgan fingerprint density at radius 2 is 0.615 bits per heavy atom. The van der Waals surface area contributed by atoms with Gasteiger partial charge in [-0.2, -0.15) is 0 Å². The van der Waals surface area contributed by atoms with Gasteiger partial charge in [0.2, 0.25) is 0 Å². The molecule has 0 spiro atoms. The minimum absolute atomic E-state index is 0. The third-order valence-corrected chi connectivity index (χ3v) is 29.4. The van der Waals surface area contributed by atoms with Crippen molar-refractivity contribution in [3.05, 3.63) is 263 Å². The second-order valence-electron chi connectivity index (χ2n) is 38.3. The Morgan fingerprint density at radius 1 is 0.315 bits per heavy atom. The van der Waals surface area contributed by atoms with Crippen LogP contribution in [0.15, 0.2) is 207 Å². The van der Waals surface area contributed by atoms with E-state index in [1.54, 1.807) is 50.9 Å². The summed E-state index contributed by atoms with van der Waals surface area (Å²) in [6.45, 7) is 17.1. The van der Waals surface area contributed by atoms with Crippen LogP contribution in [0, 0.1) is 26.0 Å². The minimum atomic E-state index is -0.0854. The standard InChI is InChI=1S/C97H134O4.C13H8NS.C11H8N.2Ir/c1-9-13-17-21-33-41-63-97(64-42-34-22-18-14-10-2)93-71-79(77-49-55-85-83-53-47-73(5)65-89(83)95(91(85)69-77,59-39-19-15-11-3)61-43-35-29-25-23-27-31-37-45-81(100)67-75(7)98)51-57-87(93)88-58-52-80(72-94(88)97)78-50-56-86-84-54-48-74(6)66-90(84)96(92(86)70-78,60-40-20-16-12-4)62-44-36-30-26-24-28-32-38-46-82(101)68-76(8)99;1-2-7-12-10(5-1)9-13(15-12)11-6-3-4-8-14-11;1-2-6-10(7-3-1)11-8-4-5-9-12-11;;/h47-58,65-66,69-72H,9-46,59-64,67-68H2,1-8H3;1-8H;1-6,8-9H;;/q;2*-1;;. The van der Waals surface area contributed by atoms with Gasteiger partial charge >= 0.3 is 0 Å². The predicted molar refractivity (Wildman–Crippen MR) is 544 cm³/mol. The first kappa shape index (κ1) is 104. The molecule has 2 unspecified atom stereocenters. The van der Waals surface area contributed by atoms with Gasteiger partial charge in [-0.3, -0.25) is 19.2 Å². The van der Waals surface area contributed by atoms with Gasteiger partial charge in [-0.1, -0.05) is 378 Å². The SMILES string of the molecule is CCCCCCCCC1(CCCCCCCC)c2cc(-c3ccc4c(c3)C(CCCCCC)(CCCCCCCCCCC(=O)CC(C)=O)c3cc(C)ccc3-4)ccc2-c2ccc(-c3ccc4c(c3)C(CCCCCC)(CCCCCCCCCCC(=O)CC(C)=O)c3cc(C)ccc3-4)cc21.[Ir].[Ir].[c-]1c(-c2ccccn2)sc2ccccc12.[c-]1ccccc1-c1ccccn1. The molecule has 0 saturated carbocycles. The molecule has 0 aliphatic heterocycles. The van der Waals surface area contributed by atoms with Crippen LogP contribution >= 0.6 is 11.3 Å². The molecular formula is C121H150Ir2N2O4S-2. The Morgan fingerprint density at radius 3 is 0.938 bits per heavy atom. The number of Topliss-reactive ketones (excluding diaryl/α,β-unsaturated/α-hetero) is 4. The molecule has 2 radical (unpaired) electrons. The van der Waals surface area contributed by atoms with E-state index in [1.165, 1.54) is 335 Å². The first-order chi connectivity index (χ1) is 62.6. The van der Waals surface area contributed by atoms with Crippen LogP contribution in [-0.2, 0) is 75.6 Å². The van der Waals surface area contributed by atoms with E-state index in [-0.39, 0.29) is 92.4 Å². The van der Waals surface area contributed by atoms with E-state index in [0.717, 1.165) is 47.5 Å². The fourth-order valence-corrected chi connectivity index (χ4v) is 22.5. The van der Waals surface area contributed by atoms with E-state index in [0.29, 0.717) is 12.8 Å². The molecule has 11 aromatic rings. The van der Waals surface area contributed by atoms with Gasteiger partial charge in [-0.25, -0.2) is 11.3 Å². The fourth-order valence-electron chi connectivity index (χ4n) is 21.5. The number of carbonyl (C=O) groups is 4. The van der Waals surface area contributed by atoms with Crippen LogP contribution in [0.1, 0.15) is 381 Å². The van der Waals surface area contributed by atoms with Gasteiger partial charge in [-0.15, -0.1) is 59.5 Å². The number of hydrogen-bond acceptors (Lipinski definition) is 7. The molecule has 694 valence electrons. The summed E-state index contributed by atoms with van der Waals surface area (Å²) in [5.41, 5.74) is 29.3. The minimum Gasteiger partial charge on any atom is -0.305 e. The molecule has 0 fully saturated rings. The van der Waals surface area contributed by atoms with Gasteiger partial charge in [0.1, 0.15) is 23.1 Å². The maximum atomic E-state index is 12.2. The fraction of sp³-hybridized carbons (Fsp3) is 0.471. The van der Waals surface area contributed by atoms with Crippen LogP contribution in [0.2, 0.25) is 0 Å². The summed E-state index contributed by atoms with van der Waals surface area (Å²) in [5.74, 6) is 0.167. The summed E-state index contributed by atoms with van der Waals surface area (Å²) in [5, 5.41) is 1.17. The number of hydrogen-bond donors (Lipinski definition) is 0. The Kier molecular flexibility index (Phi) is 43.5.